The van der Waals surface area contributed by atoms with E-state index in [1.807, 2.05) is 17.9 Å². The van der Waals surface area contributed by atoms with E-state index in [1.54, 1.807) is 30.3 Å². The number of methoxy groups -OCH3 is 1. The summed E-state index contributed by atoms with van der Waals surface area (Å²) in [6, 6.07) is 10.3. The molecule has 6 nitrogen and oxygen atoms in total. The molecule has 0 unspecified atom stereocenters. The van der Waals surface area contributed by atoms with Gasteiger partial charge in [-0.15, -0.1) is 0 Å². The van der Waals surface area contributed by atoms with Gasteiger partial charge in [0.15, 0.2) is 0 Å². The number of ether oxygens (including phenoxy) is 1. The lowest BCUT2D eigenvalue weighted by Crippen LogP contribution is -2.48. The molecule has 1 saturated heterocycles. The van der Waals surface area contributed by atoms with E-state index in [0.717, 1.165) is 5.69 Å². The molecule has 0 aromatic heterocycles. The van der Waals surface area contributed by atoms with Crippen molar-refractivity contribution < 1.29 is 14.3 Å². The van der Waals surface area contributed by atoms with Gasteiger partial charge in [0.05, 0.1) is 23.5 Å². The van der Waals surface area contributed by atoms with Crippen LogP contribution in [0.5, 0.6) is 5.75 Å². The number of nitrogens with zero attached hydrogens (tertiary/aromatic N) is 2. The normalized spacial score (nSPS) is 13.9. The number of rotatable bonds is 5. The minimum atomic E-state index is -0.294. The maximum absolute atomic E-state index is 12.8. The van der Waals surface area contributed by atoms with Gasteiger partial charge in [-0.3, -0.25) is 9.59 Å². The fraction of sp³-hybridized carbons (Fsp3) is 0.333. The third-order valence-corrected chi connectivity index (χ3v) is 5.43. The Bertz CT molecular complexity index is 912. The Morgan fingerprint density at radius 2 is 1.79 bits per heavy atom. The zero-order valence-corrected chi connectivity index (χ0v) is 17.9. The Hall–Kier alpha value is -2.44. The summed E-state index contributed by atoms with van der Waals surface area (Å²) in [6.45, 7) is 4.54. The lowest BCUT2D eigenvalue weighted by Gasteiger charge is -2.37. The number of anilines is 2. The average Bonchev–Trinajstić information content (AvgIpc) is 2.73. The summed E-state index contributed by atoms with van der Waals surface area (Å²) in [7, 11) is 1.52. The number of amides is 2. The van der Waals surface area contributed by atoms with Gasteiger partial charge in [0.25, 0.3) is 5.91 Å². The molecule has 1 heterocycles. The zero-order valence-electron chi connectivity index (χ0n) is 16.4. The summed E-state index contributed by atoms with van der Waals surface area (Å²) in [6.07, 6.45) is 0.507. The van der Waals surface area contributed by atoms with E-state index in [4.69, 9.17) is 27.9 Å². The van der Waals surface area contributed by atoms with Gasteiger partial charge in [0.2, 0.25) is 5.91 Å². The second-order valence-corrected chi connectivity index (χ2v) is 7.53. The van der Waals surface area contributed by atoms with Crippen LogP contribution in [0.1, 0.15) is 23.7 Å². The Kier molecular flexibility index (Phi) is 6.87. The van der Waals surface area contributed by atoms with E-state index in [2.05, 4.69) is 10.2 Å². The molecule has 0 radical (unpaired) electrons. The van der Waals surface area contributed by atoms with E-state index in [1.165, 1.54) is 7.11 Å². The SMILES string of the molecule is CCC(=O)N1CCN(c2ccc(Cl)cc2NC(=O)c2ccc(OC)c(Cl)c2)CC1. The first kappa shape index (κ1) is 21.3. The number of carbonyl (C=O) groups is 2. The molecule has 1 fully saturated rings. The van der Waals surface area contributed by atoms with Gasteiger partial charge in [0.1, 0.15) is 5.75 Å². The summed E-state index contributed by atoms with van der Waals surface area (Å²) in [4.78, 5) is 28.7. The van der Waals surface area contributed by atoms with Gasteiger partial charge < -0.3 is 19.9 Å². The minimum Gasteiger partial charge on any atom is -0.495 e. The van der Waals surface area contributed by atoms with Crippen molar-refractivity contribution in [3.05, 3.63) is 52.0 Å². The van der Waals surface area contributed by atoms with Crippen molar-refractivity contribution in [3.8, 4) is 5.75 Å². The van der Waals surface area contributed by atoms with Gasteiger partial charge in [-0.2, -0.15) is 0 Å². The minimum absolute atomic E-state index is 0.158. The standard InChI is InChI=1S/C21H23Cl2N3O3/c1-3-20(27)26-10-8-25(9-11-26)18-6-5-15(22)13-17(18)24-21(28)14-4-7-19(29-2)16(23)12-14/h4-7,12-13H,3,8-11H2,1-2H3,(H,24,28). The first-order chi connectivity index (χ1) is 13.9. The quantitative estimate of drug-likeness (QED) is 0.759. The van der Waals surface area contributed by atoms with Crippen LogP contribution in [0.3, 0.4) is 0 Å². The van der Waals surface area contributed by atoms with Crippen LogP contribution in [0.25, 0.3) is 0 Å². The van der Waals surface area contributed by atoms with Crippen molar-refractivity contribution in [3.63, 3.8) is 0 Å². The maximum atomic E-state index is 12.8. The molecule has 2 aromatic rings. The number of benzene rings is 2. The van der Waals surface area contributed by atoms with Crippen molar-refractivity contribution in [2.75, 3.05) is 43.5 Å². The Balaban J connectivity index is 1.78. The molecule has 0 bridgehead atoms. The molecule has 154 valence electrons. The van der Waals surface area contributed by atoms with E-state index in [-0.39, 0.29) is 11.8 Å². The van der Waals surface area contributed by atoms with Crippen LogP contribution < -0.4 is 15.0 Å². The van der Waals surface area contributed by atoms with E-state index < -0.39 is 0 Å². The number of carbonyl (C=O) groups excluding carboxylic acids is 2. The van der Waals surface area contributed by atoms with Crippen molar-refractivity contribution in [2.24, 2.45) is 0 Å². The monoisotopic (exact) mass is 435 g/mol. The molecule has 0 atom stereocenters. The fourth-order valence-electron chi connectivity index (χ4n) is 3.31. The summed E-state index contributed by atoms with van der Waals surface area (Å²) in [5, 5.41) is 3.82. The predicted octanol–water partition coefficient (Wildman–Crippen LogP) is 4.31. The lowest BCUT2D eigenvalue weighted by atomic mass is 10.1. The summed E-state index contributed by atoms with van der Waals surface area (Å²) in [5.41, 5.74) is 1.90. The molecule has 0 saturated carbocycles. The van der Waals surface area contributed by atoms with Gasteiger partial charge in [-0.25, -0.2) is 0 Å². The van der Waals surface area contributed by atoms with Gasteiger partial charge in [-0.1, -0.05) is 30.1 Å². The Morgan fingerprint density at radius 1 is 1.07 bits per heavy atom. The first-order valence-corrected chi connectivity index (χ1v) is 10.2. The van der Waals surface area contributed by atoms with Crippen LogP contribution in [0.4, 0.5) is 11.4 Å². The molecule has 0 aliphatic carbocycles. The topological polar surface area (TPSA) is 61.9 Å². The van der Waals surface area contributed by atoms with Gasteiger partial charge in [0, 0.05) is 43.2 Å². The highest BCUT2D eigenvalue weighted by Crippen LogP contribution is 2.31. The molecule has 1 aliphatic rings. The summed E-state index contributed by atoms with van der Waals surface area (Å²) in [5.74, 6) is 0.370. The number of piperazine rings is 1. The molecule has 2 aromatic carbocycles. The highest BCUT2D eigenvalue weighted by Gasteiger charge is 2.22. The second-order valence-electron chi connectivity index (χ2n) is 6.69. The van der Waals surface area contributed by atoms with E-state index in [9.17, 15) is 9.59 Å². The second kappa shape index (κ2) is 9.37. The van der Waals surface area contributed by atoms with Crippen LogP contribution in [0.2, 0.25) is 10.0 Å². The molecule has 1 aliphatic heterocycles. The third kappa shape index (κ3) is 4.95. The Labute approximate surface area is 180 Å². The molecule has 29 heavy (non-hydrogen) atoms. The Morgan fingerprint density at radius 3 is 2.41 bits per heavy atom. The van der Waals surface area contributed by atoms with Crippen molar-refractivity contribution >= 4 is 46.4 Å². The largest absolute Gasteiger partial charge is 0.495 e. The number of hydrogen-bond acceptors (Lipinski definition) is 4. The summed E-state index contributed by atoms with van der Waals surface area (Å²) >= 11 is 12.3. The van der Waals surface area contributed by atoms with E-state index >= 15 is 0 Å². The number of nitrogens with one attached hydrogen (secondary N) is 1. The average molecular weight is 436 g/mol. The smallest absolute Gasteiger partial charge is 0.255 e. The first-order valence-electron chi connectivity index (χ1n) is 9.40. The van der Waals surface area contributed by atoms with E-state index in [0.29, 0.717) is 59.6 Å². The van der Waals surface area contributed by atoms with Crippen molar-refractivity contribution in [1.29, 1.82) is 0 Å². The van der Waals surface area contributed by atoms with Crippen LogP contribution in [0.15, 0.2) is 36.4 Å². The van der Waals surface area contributed by atoms with Crippen LogP contribution in [-0.4, -0.2) is 50.0 Å². The molecular formula is C21H23Cl2N3O3. The lowest BCUT2D eigenvalue weighted by molar-refractivity contribution is -0.131. The summed E-state index contributed by atoms with van der Waals surface area (Å²) < 4.78 is 5.13. The molecular weight excluding hydrogens is 413 g/mol. The third-order valence-electron chi connectivity index (χ3n) is 4.90. The van der Waals surface area contributed by atoms with Crippen LogP contribution >= 0.6 is 23.2 Å². The fourth-order valence-corrected chi connectivity index (χ4v) is 3.74. The molecule has 0 spiro atoms. The highest BCUT2D eigenvalue weighted by atomic mass is 35.5. The van der Waals surface area contributed by atoms with Crippen LogP contribution in [-0.2, 0) is 4.79 Å². The van der Waals surface area contributed by atoms with Crippen LogP contribution in [0, 0.1) is 0 Å². The molecule has 3 rings (SSSR count). The molecule has 1 N–H and O–H groups in total. The number of hydrogen-bond donors (Lipinski definition) is 1. The maximum Gasteiger partial charge on any atom is 0.255 e. The molecule has 8 heteroatoms. The van der Waals surface area contributed by atoms with Gasteiger partial charge in [-0.05, 0) is 36.4 Å². The number of halogens is 2. The molecule has 2 amide bonds. The van der Waals surface area contributed by atoms with Crippen molar-refractivity contribution in [2.45, 2.75) is 13.3 Å². The zero-order chi connectivity index (χ0) is 21.0. The van der Waals surface area contributed by atoms with Crippen molar-refractivity contribution in [1.82, 2.24) is 4.90 Å². The predicted molar refractivity (Wildman–Crippen MR) is 116 cm³/mol. The highest BCUT2D eigenvalue weighted by molar-refractivity contribution is 6.32. The van der Waals surface area contributed by atoms with Gasteiger partial charge >= 0.3 is 0 Å².